The van der Waals surface area contributed by atoms with Crippen molar-refractivity contribution in [2.45, 2.75) is 19.0 Å². The molecule has 0 aliphatic carbocycles. The number of benzene rings is 2. The molecule has 0 aliphatic heterocycles. The fraction of sp³-hybridized carbons (Fsp3) is 0.136. The zero-order chi connectivity index (χ0) is 20.6. The minimum absolute atomic E-state index is 0.132. The van der Waals surface area contributed by atoms with E-state index in [1.807, 2.05) is 24.3 Å². The van der Waals surface area contributed by atoms with Gasteiger partial charge in [0.2, 0.25) is 5.91 Å². The predicted octanol–water partition coefficient (Wildman–Crippen LogP) is 3.80. The molecule has 148 valence electrons. The van der Waals surface area contributed by atoms with Crippen molar-refractivity contribution in [1.82, 2.24) is 10.3 Å². The quantitative estimate of drug-likeness (QED) is 0.507. The molecule has 3 aromatic rings. The summed E-state index contributed by atoms with van der Waals surface area (Å²) >= 11 is 3.46. The number of aromatic nitrogens is 1. The lowest BCUT2D eigenvalue weighted by atomic mass is 10.0. The average molecular weight is 453 g/mol. The molecule has 0 aliphatic rings. The van der Waals surface area contributed by atoms with E-state index in [-0.39, 0.29) is 18.2 Å². The standard InChI is InChI=1S/C22H21BrN4O2/c23-19-4-2-1-3-17(19)14-26-21(28)13-20(24)15-5-7-16(8-6-15)22(29)27-18-9-11-25-12-10-18/h1-12,20H,13-14,24H2,(H,26,28)(H,25,27,29). The average Bonchev–Trinajstić information content (AvgIpc) is 2.74. The Morgan fingerprint density at radius 2 is 1.69 bits per heavy atom. The van der Waals surface area contributed by atoms with Gasteiger partial charge in [0.25, 0.3) is 5.91 Å². The normalized spacial score (nSPS) is 11.5. The SMILES string of the molecule is NC(CC(=O)NCc1ccccc1Br)c1ccc(C(=O)Nc2ccncc2)cc1. The number of hydrogen-bond acceptors (Lipinski definition) is 4. The van der Waals surface area contributed by atoms with E-state index in [1.165, 1.54) is 0 Å². The van der Waals surface area contributed by atoms with Crippen molar-refractivity contribution >= 4 is 33.4 Å². The second-order valence-electron chi connectivity index (χ2n) is 6.49. The van der Waals surface area contributed by atoms with Crippen LogP contribution in [0.25, 0.3) is 0 Å². The van der Waals surface area contributed by atoms with Gasteiger partial charge in [-0.1, -0.05) is 46.3 Å². The number of anilines is 1. The maximum atomic E-state index is 12.3. The molecule has 6 nitrogen and oxygen atoms in total. The summed E-state index contributed by atoms with van der Waals surface area (Å²) < 4.78 is 0.949. The summed E-state index contributed by atoms with van der Waals surface area (Å²) in [5.74, 6) is -0.352. The summed E-state index contributed by atoms with van der Waals surface area (Å²) in [4.78, 5) is 28.4. The fourth-order valence-electron chi connectivity index (χ4n) is 2.75. The van der Waals surface area contributed by atoms with Crippen molar-refractivity contribution in [2.75, 3.05) is 5.32 Å². The molecule has 0 saturated carbocycles. The molecule has 4 N–H and O–H groups in total. The molecule has 0 spiro atoms. The highest BCUT2D eigenvalue weighted by atomic mass is 79.9. The lowest BCUT2D eigenvalue weighted by Gasteiger charge is -2.13. The molecule has 29 heavy (non-hydrogen) atoms. The second kappa shape index (κ2) is 9.95. The van der Waals surface area contributed by atoms with Crippen LogP contribution in [0.15, 0.2) is 77.5 Å². The van der Waals surface area contributed by atoms with E-state index in [0.29, 0.717) is 17.8 Å². The molecule has 0 fully saturated rings. The Balaban J connectivity index is 1.53. The zero-order valence-corrected chi connectivity index (χ0v) is 17.2. The highest BCUT2D eigenvalue weighted by molar-refractivity contribution is 9.10. The van der Waals surface area contributed by atoms with Gasteiger partial charge in [0.05, 0.1) is 0 Å². The molecule has 2 amide bonds. The molecular weight excluding hydrogens is 432 g/mol. The number of halogens is 1. The highest BCUT2D eigenvalue weighted by Gasteiger charge is 2.13. The molecule has 1 aromatic heterocycles. The number of nitrogens with one attached hydrogen (secondary N) is 2. The lowest BCUT2D eigenvalue weighted by molar-refractivity contribution is -0.121. The maximum Gasteiger partial charge on any atom is 0.255 e. The Bertz CT molecular complexity index is 978. The van der Waals surface area contributed by atoms with Crippen LogP contribution < -0.4 is 16.4 Å². The first-order valence-electron chi connectivity index (χ1n) is 9.10. The number of hydrogen-bond donors (Lipinski definition) is 3. The van der Waals surface area contributed by atoms with Crippen molar-refractivity contribution in [2.24, 2.45) is 5.73 Å². The summed E-state index contributed by atoms with van der Waals surface area (Å²) in [7, 11) is 0. The predicted molar refractivity (Wildman–Crippen MR) is 116 cm³/mol. The van der Waals surface area contributed by atoms with E-state index >= 15 is 0 Å². The lowest BCUT2D eigenvalue weighted by Crippen LogP contribution is -2.27. The van der Waals surface area contributed by atoms with Gasteiger partial charge in [0.1, 0.15) is 0 Å². The van der Waals surface area contributed by atoms with Gasteiger partial charge < -0.3 is 16.4 Å². The van der Waals surface area contributed by atoms with E-state index in [0.717, 1.165) is 15.6 Å². The van der Waals surface area contributed by atoms with E-state index in [2.05, 4.69) is 31.5 Å². The van der Waals surface area contributed by atoms with Crippen molar-refractivity contribution in [3.8, 4) is 0 Å². The molecule has 2 aromatic carbocycles. The molecule has 3 rings (SSSR count). The summed E-state index contributed by atoms with van der Waals surface area (Å²) in [5.41, 5.74) is 9.14. The molecule has 1 heterocycles. The van der Waals surface area contributed by atoms with E-state index in [1.54, 1.807) is 48.8 Å². The Hall–Kier alpha value is -3.03. The van der Waals surface area contributed by atoms with Crippen LogP contribution in [0.2, 0.25) is 0 Å². The third-order valence-electron chi connectivity index (χ3n) is 4.38. The molecular formula is C22H21BrN4O2. The maximum absolute atomic E-state index is 12.3. The molecule has 1 atom stereocenters. The zero-order valence-electron chi connectivity index (χ0n) is 15.6. The number of nitrogens with two attached hydrogens (primary N) is 1. The van der Waals surface area contributed by atoms with E-state index in [9.17, 15) is 9.59 Å². The van der Waals surface area contributed by atoms with Gasteiger partial charge in [-0.2, -0.15) is 0 Å². The van der Waals surface area contributed by atoms with Gasteiger partial charge in [-0.3, -0.25) is 14.6 Å². The van der Waals surface area contributed by atoms with Gasteiger partial charge >= 0.3 is 0 Å². The first-order chi connectivity index (χ1) is 14.0. The van der Waals surface area contributed by atoms with Gasteiger partial charge in [-0.15, -0.1) is 0 Å². The first-order valence-corrected chi connectivity index (χ1v) is 9.89. The van der Waals surface area contributed by atoms with E-state index < -0.39 is 6.04 Å². The molecule has 7 heteroatoms. The van der Waals surface area contributed by atoms with Crippen LogP contribution in [0, 0.1) is 0 Å². The van der Waals surface area contributed by atoms with Crippen LogP contribution in [-0.2, 0) is 11.3 Å². The first kappa shape index (κ1) is 20.7. The van der Waals surface area contributed by atoms with Gasteiger partial charge in [0, 0.05) is 47.1 Å². The number of carbonyl (C=O) groups excluding carboxylic acids is 2. The fourth-order valence-corrected chi connectivity index (χ4v) is 3.17. The van der Waals surface area contributed by atoms with Crippen LogP contribution in [0.4, 0.5) is 5.69 Å². The monoisotopic (exact) mass is 452 g/mol. The Morgan fingerprint density at radius 3 is 2.38 bits per heavy atom. The van der Waals surface area contributed by atoms with Crippen molar-refractivity contribution in [3.63, 3.8) is 0 Å². The Labute approximate surface area is 177 Å². The third-order valence-corrected chi connectivity index (χ3v) is 5.15. The van der Waals surface area contributed by atoms with Crippen LogP contribution in [0.1, 0.15) is 33.9 Å². The summed E-state index contributed by atoms with van der Waals surface area (Å²) in [6, 6.07) is 17.6. The molecule has 0 saturated heterocycles. The van der Waals surface area contributed by atoms with Crippen LogP contribution in [0.5, 0.6) is 0 Å². The van der Waals surface area contributed by atoms with Crippen LogP contribution in [0.3, 0.4) is 0 Å². The number of amides is 2. The van der Waals surface area contributed by atoms with Crippen molar-refractivity contribution in [3.05, 3.63) is 94.2 Å². The summed E-state index contributed by atoms with van der Waals surface area (Å²) in [5, 5.41) is 5.68. The largest absolute Gasteiger partial charge is 0.352 e. The molecule has 0 radical (unpaired) electrons. The summed E-state index contributed by atoms with van der Waals surface area (Å²) in [6.45, 7) is 0.432. The minimum Gasteiger partial charge on any atom is -0.352 e. The Kier molecular flexibility index (Phi) is 7.10. The Morgan fingerprint density at radius 1 is 1.00 bits per heavy atom. The summed E-state index contributed by atoms with van der Waals surface area (Å²) in [6.07, 6.45) is 3.38. The number of carbonyl (C=O) groups is 2. The highest BCUT2D eigenvalue weighted by Crippen LogP contribution is 2.18. The number of pyridine rings is 1. The minimum atomic E-state index is -0.452. The van der Waals surface area contributed by atoms with Gasteiger partial charge in [-0.05, 0) is 41.5 Å². The van der Waals surface area contributed by atoms with E-state index in [4.69, 9.17) is 5.73 Å². The number of nitrogens with zero attached hydrogens (tertiary/aromatic N) is 1. The van der Waals surface area contributed by atoms with Crippen LogP contribution in [-0.4, -0.2) is 16.8 Å². The van der Waals surface area contributed by atoms with Crippen molar-refractivity contribution in [1.29, 1.82) is 0 Å². The molecule has 0 bridgehead atoms. The van der Waals surface area contributed by atoms with Crippen molar-refractivity contribution < 1.29 is 9.59 Å². The third kappa shape index (κ3) is 5.97. The number of rotatable bonds is 7. The smallest absolute Gasteiger partial charge is 0.255 e. The second-order valence-corrected chi connectivity index (χ2v) is 7.35. The topological polar surface area (TPSA) is 97.1 Å². The van der Waals surface area contributed by atoms with Gasteiger partial charge in [0.15, 0.2) is 0 Å². The molecule has 1 unspecified atom stereocenters. The van der Waals surface area contributed by atoms with Crippen LogP contribution >= 0.6 is 15.9 Å². The van der Waals surface area contributed by atoms with Gasteiger partial charge in [-0.25, -0.2) is 0 Å².